The molecule has 40 heavy (non-hydrogen) atoms. The summed E-state index contributed by atoms with van der Waals surface area (Å²) >= 11 is 7.12. The number of fused-ring (bicyclic) bond motifs is 1. The molecule has 1 fully saturated rings. The maximum absolute atomic E-state index is 13.2. The van der Waals surface area contributed by atoms with Gasteiger partial charge in [0.15, 0.2) is 0 Å². The van der Waals surface area contributed by atoms with E-state index in [0.717, 1.165) is 16.0 Å². The van der Waals surface area contributed by atoms with Crippen LogP contribution in [-0.2, 0) is 19.6 Å². The number of thiophene rings is 1. The molecule has 1 aliphatic heterocycles. The first-order valence-corrected chi connectivity index (χ1v) is 15.4. The quantitative estimate of drug-likeness (QED) is 0.346. The summed E-state index contributed by atoms with van der Waals surface area (Å²) in [6.45, 7) is 6.38. The highest BCUT2D eigenvalue weighted by atomic mass is 35.5. The van der Waals surface area contributed by atoms with E-state index in [1.165, 1.54) is 28.3 Å². The lowest BCUT2D eigenvalue weighted by Crippen LogP contribution is -2.54. The lowest BCUT2D eigenvalue weighted by Gasteiger charge is -2.34. The van der Waals surface area contributed by atoms with Gasteiger partial charge < -0.3 is 15.1 Å². The van der Waals surface area contributed by atoms with Crippen LogP contribution >= 0.6 is 22.9 Å². The van der Waals surface area contributed by atoms with E-state index in [9.17, 15) is 22.8 Å². The van der Waals surface area contributed by atoms with Gasteiger partial charge in [-0.05, 0) is 61.0 Å². The largest absolute Gasteiger partial charge is 0.346 e. The third-order valence-electron chi connectivity index (χ3n) is 6.40. The first kappa shape index (κ1) is 29.7. The Kier molecular flexibility index (Phi) is 9.56. The highest BCUT2D eigenvalue weighted by molar-refractivity contribution is 7.91. The smallest absolute Gasteiger partial charge is 0.251 e. The minimum atomic E-state index is -3.97. The summed E-state index contributed by atoms with van der Waals surface area (Å²) in [6.07, 6.45) is 4.52. The molecular weight excluding hydrogens is 574 g/mol. The van der Waals surface area contributed by atoms with E-state index in [1.54, 1.807) is 30.3 Å². The molecule has 1 atom stereocenters. The number of carbonyl (C=O) groups is 3. The van der Waals surface area contributed by atoms with E-state index >= 15 is 0 Å². The fourth-order valence-corrected chi connectivity index (χ4v) is 7.19. The summed E-state index contributed by atoms with van der Waals surface area (Å²) in [5.74, 6) is -1.14. The van der Waals surface area contributed by atoms with E-state index in [2.05, 4.69) is 21.6 Å². The molecule has 0 radical (unpaired) electrons. The Balaban J connectivity index is 1.38. The minimum absolute atomic E-state index is 0.0453. The van der Waals surface area contributed by atoms with E-state index in [-0.39, 0.29) is 29.1 Å². The number of carbonyl (C=O) groups excluding carboxylic acids is 3. The van der Waals surface area contributed by atoms with Crippen LogP contribution in [0, 0.1) is 0 Å². The summed E-state index contributed by atoms with van der Waals surface area (Å²) in [5, 5.41) is 3.95. The van der Waals surface area contributed by atoms with Gasteiger partial charge in [-0.1, -0.05) is 25.1 Å². The van der Waals surface area contributed by atoms with Crippen LogP contribution in [0.5, 0.6) is 0 Å². The molecule has 10 nitrogen and oxygen atoms in total. The molecule has 212 valence electrons. The van der Waals surface area contributed by atoms with Crippen LogP contribution in [0.3, 0.4) is 0 Å². The molecule has 2 aromatic heterocycles. The lowest BCUT2D eigenvalue weighted by atomic mass is 10.1. The number of likely N-dealkylation sites (tertiary alicyclic amines) is 1. The van der Waals surface area contributed by atoms with Gasteiger partial charge in [0.2, 0.25) is 11.8 Å². The standard InChI is InChI=1S/C27H30ClN5O5S2/c1-3-12-33(18(2)16-30-26(35)19-8-10-29-11-9-19)24(34)17-32-13-4-5-22(27(32)36)31-40(37,38)25-15-20-14-21(28)6-7-23(20)39-25/h6-11,14-15,22,31H,2-5,12-13,16-17H2,1H3,(H,30,35)/t22-/m0/s1. The van der Waals surface area contributed by atoms with Crippen molar-refractivity contribution in [3.63, 3.8) is 0 Å². The lowest BCUT2D eigenvalue weighted by molar-refractivity contribution is -0.142. The first-order valence-electron chi connectivity index (χ1n) is 12.8. The van der Waals surface area contributed by atoms with E-state index < -0.39 is 22.0 Å². The molecule has 1 aromatic carbocycles. The maximum Gasteiger partial charge on any atom is 0.251 e. The summed E-state index contributed by atoms with van der Waals surface area (Å²) < 4.78 is 29.6. The number of hydrogen-bond donors (Lipinski definition) is 2. The Morgan fingerprint density at radius 2 is 1.98 bits per heavy atom. The second-order valence-corrected chi connectivity index (χ2v) is 12.8. The van der Waals surface area contributed by atoms with Gasteiger partial charge in [0.25, 0.3) is 15.9 Å². The maximum atomic E-state index is 13.2. The van der Waals surface area contributed by atoms with Gasteiger partial charge in [-0.2, -0.15) is 4.72 Å². The number of piperidine rings is 1. The van der Waals surface area contributed by atoms with Gasteiger partial charge in [0.1, 0.15) is 16.8 Å². The van der Waals surface area contributed by atoms with Crippen LogP contribution in [-0.4, -0.2) is 73.1 Å². The predicted octanol–water partition coefficient (Wildman–Crippen LogP) is 3.40. The number of aromatic nitrogens is 1. The molecule has 0 unspecified atom stereocenters. The SMILES string of the molecule is C=C(CNC(=O)c1ccncc1)N(CCC)C(=O)CN1CCC[C@H](NS(=O)(=O)c2cc3cc(Cl)ccc3s2)C1=O. The first-order chi connectivity index (χ1) is 19.1. The van der Waals surface area contributed by atoms with Crippen LogP contribution in [0.2, 0.25) is 5.02 Å². The second kappa shape index (κ2) is 12.9. The molecule has 2 N–H and O–H groups in total. The van der Waals surface area contributed by atoms with E-state index in [1.807, 2.05) is 6.92 Å². The number of halogens is 1. The van der Waals surface area contributed by atoms with Crippen LogP contribution in [0.25, 0.3) is 10.1 Å². The number of pyridine rings is 1. The molecule has 3 heterocycles. The highest BCUT2D eigenvalue weighted by Crippen LogP contribution is 2.31. The molecule has 1 aliphatic rings. The van der Waals surface area contributed by atoms with Crippen molar-refractivity contribution in [2.45, 2.75) is 36.4 Å². The Morgan fingerprint density at radius 3 is 2.70 bits per heavy atom. The number of sulfonamides is 1. The summed E-state index contributed by atoms with van der Waals surface area (Å²) in [6, 6.07) is 8.83. The number of nitrogens with zero attached hydrogens (tertiary/aromatic N) is 3. The van der Waals surface area contributed by atoms with Crippen LogP contribution in [0.1, 0.15) is 36.5 Å². The number of nitrogens with one attached hydrogen (secondary N) is 2. The average molecular weight is 604 g/mol. The Labute approximate surface area is 242 Å². The van der Waals surface area contributed by atoms with Gasteiger partial charge >= 0.3 is 0 Å². The molecule has 0 bridgehead atoms. The van der Waals surface area contributed by atoms with Crippen molar-refractivity contribution in [3.8, 4) is 0 Å². The molecule has 13 heteroatoms. The van der Waals surface area contributed by atoms with Crippen molar-refractivity contribution in [2.24, 2.45) is 0 Å². The number of hydrogen-bond acceptors (Lipinski definition) is 7. The zero-order valence-corrected chi connectivity index (χ0v) is 24.3. The molecule has 3 amide bonds. The van der Waals surface area contributed by atoms with Crippen molar-refractivity contribution in [1.82, 2.24) is 24.8 Å². The highest BCUT2D eigenvalue weighted by Gasteiger charge is 2.34. The van der Waals surface area contributed by atoms with Gasteiger partial charge in [-0.25, -0.2) is 8.42 Å². The van der Waals surface area contributed by atoms with Gasteiger partial charge in [0, 0.05) is 46.5 Å². The second-order valence-electron chi connectivity index (χ2n) is 9.35. The summed E-state index contributed by atoms with van der Waals surface area (Å²) in [4.78, 5) is 45.6. The van der Waals surface area contributed by atoms with E-state index in [4.69, 9.17) is 11.6 Å². The molecule has 1 saturated heterocycles. The van der Waals surface area contributed by atoms with Gasteiger partial charge in [-0.3, -0.25) is 19.4 Å². The normalized spacial score (nSPS) is 15.7. The molecular formula is C27H30ClN5O5S2. The third-order valence-corrected chi connectivity index (χ3v) is 9.70. The van der Waals surface area contributed by atoms with Gasteiger partial charge in [0.05, 0.1) is 6.54 Å². The topological polar surface area (TPSA) is 129 Å². The Hall–Kier alpha value is -3.32. The van der Waals surface area contributed by atoms with Gasteiger partial charge in [-0.15, -0.1) is 11.3 Å². The zero-order valence-electron chi connectivity index (χ0n) is 21.9. The van der Waals surface area contributed by atoms with Crippen LogP contribution in [0.15, 0.2) is 65.3 Å². The zero-order chi connectivity index (χ0) is 28.9. The summed E-state index contributed by atoms with van der Waals surface area (Å²) in [5.41, 5.74) is 0.823. The summed E-state index contributed by atoms with van der Waals surface area (Å²) in [7, 11) is -3.97. The van der Waals surface area contributed by atoms with Crippen molar-refractivity contribution in [3.05, 3.63) is 71.7 Å². The fraction of sp³-hybridized carbons (Fsp3) is 0.333. The fourth-order valence-electron chi connectivity index (χ4n) is 4.39. The minimum Gasteiger partial charge on any atom is -0.346 e. The molecule has 0 saturated carbocycles. The van der Waals surface area contributed by atoms with Crippen molar-refractivity contribution < 1.29 is 22.8 Å². The number of rotatable bonds is 11. The van der Waals surface area contributed by atoms with Crippen molar-refractivity contribution in [2.75, 3.05) is 26.2 Å². The Morgan fingerprint density at radius 1 is 1.23 bits per heavy atom. The van der Waals surface area contributed by atoms with Crippen LogP contribution < -0.4 is 10.0 Å². The monoisotopic (exact) mass is 603 g/mol. The Bertz CT molecular complexity index is 1530. The number of benzene rings is 1. The van der Waals surface area contributed by atoms with Crippen molar-refractivity contribution >= 4 is 60.8 Å². The predicted molar refractivity (Wildman–Crippen MR) is 154 cm³/mol. The number of amides is 3. The molecule has 0 aliphatic carbocycles. The average Bonchev–Trinajstić information content (AvgIpc) is 3.37. The van der Waals surface area contributed by atoms with Crippen LogP contribution in [0.4, 0.5) is 0 Å². The van der Waals surface area contributed by atoms with Crippen molar-refractivity contribution in [1.29, 1.82) is 0 Å². The molecule has 0 spiro atoms. The molecule has 4 rings (SSSR count). The van der Waals surface area contributed by atoms with E-state index in [0.29, 0.717) is 54.0 Å². The third kappa shape index (κ3) is 7.05. The molecule has 3 aromatic rings.